The third-order valence-electron chi connectivity index (χ3n) is 7.06. The molecule has 1 aliphatic heterocycles. The van der Waals surface area contributed by atoms with Crippen LogP contribution in [0.2, 0.25) is 0 Å². The van der Waals surface area contributed by atoms with Crippen LogP contribution in [0.25, 0.3) is 10.9 Å². The minimum atomic E-state index is -0.251. The summed E-state index contributed by atoms with van der Waals surface area (Å²) in [6.45, 7) is 0.541. The van der Waals surface area contributed by atoms with Crippen LogP contribution in [0.4, 0.5) is 0 Å². The molecule has 1 saturated heterocycles. The molecule has 4 unspecified atom stereocenters. The van der Waals surface area contributed by atoms with Crippen LogP contribution in [0.1, 0.15) is 23.1 Å². The lowest BCUT2D eigenvalue weighted by molar-refractivity contribution is -0.140. The molecule has 2 bridgehead atoms. The zero-order chi connectivity index (χ0) is 21.8. The molecule has 0 radical (unpaired) electrons. The summed E-state index contributed by atoms with van der Waals surface area (Å²) in [5.41, 5.74) is 3.40. The first-order valence-electron chi connectivity index (χ1n) is 10.8. The second kappa shape index (κ2) is 7.03. The second-order valence-corrected chi connectivity index (χ2v) is 8.73. The predicted octanol–water partition coefficient (Wildman–Crippen LogP) is 3.70. The number of hydrazone groups is 1. The van der Waals surface area contributed by atoms with Crippen molar-refractivity contribution in [2.75, 3.05) is 0 Å². The molecule has 2 aromatic carbocycles. The summed E-state index contributed by atoms with van der Waals surface area (Å²) in [7, 11) is 0. The molecular weight excluding hydrogens is 400 g/mol. The van der Waals surface area contributed by atoms with Crippen molar-refractivity contribution in [1.29, 1.82) is 5.26 Å². The van der Waals surface area contributed by atoms with Crippen LogP contribution in [0.5, 0.6) is 0 Å². The molecule has 1 saturated carbocycles. The monoisotopic (exact) mass is 420 g/mol. The molecule has 2 fully saturated rings. The van der Waals surface area contributed by atoms with Gasteiger partial charge in [0.2, 0.25) is 0 Å². The van der Waals surface area contributed by atoms with Crippen LogP contribution in [0.3, 0.4) is 0 Å². The van der Waals surface area contributed by atoms with Gasteiger partial charge in [-0.1, -0.05) is 48.6 Å². The summed E-state index contributed by atoms with van der Waals surface area (Å²) < 4.78 is 2.07. The van der Waals surface area contributed by atoms with E-state index < -0.39 is 0 Å². The van der Waals surface area contributed by atoms with Crippen molar-refractivity contribution in [1.82, 2.24) is 9.58 Å². The molecule has 2 aliphatic carbocycles. The van der Waals surface area contributed by atoms with Crippen LogP contribution < -0.4 is 0 Å². The van der Waals surface area contributed by atoms with Gasteiger partial charge in [0, 0.05) is 29.2 Å². The molecule has 156 valence electrons. The van der Waals surface area contributed by atoms with Crippen molar-refractivity contribution < 1.29 is 9.59 Å². The normalized spacial score (nSPS) is 25.9. The van der Waals surface area contributed by atoms with Crippen molar-refractivity contribution in [3.63, 3.8) is 0 Å². The maximum atomic E-state index is 12.9. The summed E-state index contributed by atoms with van der Waals surface area (Å²) >= 11 is 0. The molecule has 0 N–H and O–H groups in total. The van der Waals surface area contributed by atoms with Crippen LogP contribution in [-0.4, -0.2) is 27.6 Å². The summed E-state index contributed by atoms with van der Waals surface area (Å²) in [5, 5.41) is 15.8. The Labute approximate surface area is 185 Å². The molecule has 6 heteroatoms. The number of amides is 2. The first-order valence-corrected chi connectivity index (χ1v) is 10.8. The van der Waals surface area contributed by atoms with Crippen molar-refractivity contribution in [2.24, 2.45) is 28.8 Å². The summed E-state index contributed by atoms with van der Waals surface area (Å²) in [5.74, 6) is -0.524. The Morgan fingerprint density at radius 2 is 1.69 bits per heavy atom. The highest BCUT2D eigenvalue weighted by atomic mass is 16.2. The van der Waals surface area contributed by atoms with Crippen LogP contribution in [0.15, 0.2) is 72.0 Å². The number of nitrogens with zero attached hydrogens (tertiary/aromatic N) is 4. The lowest BCUT2D eigenvalue weighted by Crippen LogP contribution is -2.28. The van der Waals surface area contributed by atoms with Crippen LogP contribution >= 0.6 is 0 Å². The molecule has 4 atom stereocenters. The fourth-order valence-corrected chi connectivity index (χ4v) is 5.58. The molecule has 2 heterocycles. The molecular formula is C26H20N4O2. The maximum Gasteiger partial charge on any atom is 0.254 e. The minimum Gasteiger partial charge on any atom is -0.342 e. The number of fused-ring (bicyclic) bond motifs is 6. The third-order valence-corrected chi connectivity index (χ3v) is 7.06. The minimum absolute atomic E-state index is 0.170. The fraction of sp³-hybridized carbons (Fsp3) is 0.231. The van der Waals surface area contributed by atoms with E-state index >= 15 is 0 Å². The number of allylic oxidation sites excluding steroid dienone is 2. The fourth-order valence-electron chi connectivity index (χ4n) is 5.58. The molecule has 3 aromatic rings. The maximum absolute atomic E-state index is 12.9. The number of carbonyl (C=O) groups is 2. The molecule has 6 rings (SSSR count). The van der Waals surface area contributed by atoms with Gasteiger partial charge < -0.3 is 4.57 Å². The van der Waals surface area contributed by atoms with Gasteiger partial charge in [0.25, 0.3) is 11.8 Å². The van der Waals surface area contributed by atoms with Gasteiger partial charge in [-0.2, -0.15) is 15.4 Å². The van der Waals surface area contributed by atoms with Gasteiger partial charge in [-0.15, -0.1) is 0 Å². The van der Waals surface area contributed by atoms with Gasteiger partial charge in [0.1, 0.15) is 0 Å². The van der Waals surface area contributed by atoms with E-state index in [1.165, 1.54) is 0 Å². The first kappa shape index (κ1) is 18.8. The number of hydrogen-bond donors (Lipinski definition) is 0. The summed E-state index contributed by atoms with van der Waals surface area (Å²) in [6, 6.07) is 17.7. The van der Waals surface area contributed by atoms with Crippen LogP contribution in [0, 0.1) is 35.0 Å². The first-order chi connectivity index (χ1) is 15.7. The Morgan fingerprint density at radius 3 is 2.44 bits per heavy atom. The second-order valence-electron chi connectivity index (χ2n) is 8.73. The largest absolute Gasteiger partial charge is 0.342 e. The van der Waals surface area contributed by atoms with Gasteiger partial charge in [0.05, 0.1) is 29.7 Å². The molecule has 2 amide bonds. The highest BCUT2D eigenvalue weighted by Crippen LogP contribution is 2.52. The van der Waals surface area contributed by atoms with Crippen molar-refractivity contribution in [2.45, 2.75) is 13.0 Å². The summed E-state index contributed by atoms with van der Waals surface area (Å²) in [6.07, 6.45) is 8.64. The van der Waals surface area contributed by atoms with Crippen LogP contribution in [-0.2, 0) is 16.1 Å². The molecule has 3 aliphatic rings. The van der Waals surface area contributed by atoms with E-state index in [0.29, 0.717) is 12.1 Å². The van der Waals surface area contributed by atoms with Crippen molar-refractivity contribution in [3.05, 3.63) is 83.6 Å². The Kier molecular flexibility index (Phi) is 4.12. The topological polar surface area (TPSA) is 78.5 Å². The number of aromatic nitrogens is 1. The van der Waals surface area contributed by atoms with E-state index in [0.717, 1.165) is 33.5 Å². The highest BCUT2D eigenvalue weighted by Gasteiger charge is 2.59. The number of para-hydroxylation sites is 1. The van der Waals surface area contributed by atoms with Gasteiger partial charge >= 0.3 is 0 Å². The molecule has 32 heavy (non-hydrogen) atoms. The van der Waals surface area contributed by atoms with E-state index in [1.54, 1.807) is 6.21 Å². The van der Waals surface area contributed by atoms with E-state index in [2.05, 4.69) is 27.9 Å². The Bertz CT molecular complexity index is 1350. The predicted molar refractivity (Wildman–Crippen MR) is 119 cm³/mol. The van der Waals surface area contributed by atoms with Gasteiger partial charge in [-0.25, -0.2) is 0 Å². The zero-order valence-corrected chi connectivity index (χ0v) is 17.3. The van der Waals surface area contributed by atoms with Gasteiger partial charge in [-0.3, -0.25) is 9.59 Å². The Hall–Kier alpha value is -3.98. The molecule has 6 nitrogen and oxygen atoms in total. The zero-order valence-electron chi connectivity index (χ0n) is 17.3. The summed E-state index contributed by atoms with van der Waals surface area (Å²) in [4.78, 5) is 25.8. The van der Waals surface area contributed by atoms with E-state index in [1.807, 2.05) is 54.7 Å². The smallest absolute Gasteiger partial charge is 0.254 e. The van der Waals surface area contributed by atoms with E-state index in [9.17, 15) is 14.9 Å². The SMILES string of the molecule is N#Cc1ccccc1Cn1cc(/C=N/N2C(=O)C3C4C=CC(C4)C3C2=O)c2ccccc21. The standard InChI is InChI=1S/C26H20N4O2/c27-12-18-5-1-2-6-19(18)14-29-15-20(21-7-3-4-8-22(21)29)13-28-30-25(31)23-16-9-10-17(11-16)24(23)26(30)32/h1-10,13,15-17,23-24H,11,14H2/b28-13+. The number of nitriles is 1. The Morgan fingerprint density at radius 1 is 1.00 bits per heavy atom. The lowest BCUT2D eigenvalue weighted by atomic mass is 9.85. The Balaban J connectivity index is 1.33. The van der Waals surface area contributed by atoms with Gasteiger partial charge in [0.15, 0.2) is 0 Å². The molecule has 1 aromatic heterocycles. The van der Waals surface area contributed by atoms with Gasteiger partial charge in [-0.05, 0) is 36.0 Å². The van der Waals surface area contributed by atoms with E-state index in [-0.39, 0.29) is 35.5 Å². The lowest BCUT2D eigenvalue weighted by Gasteiger charge is -2.13. The third kappa shape index (κ3) is 2.68. The highest BCUT2D eigenvalue weighted by molar-refractivity contribution is 6.07. The van der Waals surface area contributed by atoms with E-state index in [4.69, 9.17) is 0 Å². The van der Waals surface area contributed by atoms with Crippen molar-refractivity contribution in [3.8, 4) is 6.07 Å². The quantitative estimate of drug-likeness (QED) is 0.367. The number of imide groups is 1. The van der Waals surface area contributed by atoms with Crippen molar-refractivity contribution >= 4 is 28.9 Å². The average Bonchev–Trinajstić information content (AvgIpc) is 3.57. The average molecular weight is 420 g/mol. The number of benzene rings is 2. The number of hydrogen-bond acceptors (Lipinski definition) is 4. The number of rotatable bonds is 4. The molecule has 0 spiro atoms. The number of carbonyl (C=O) groups excluding carboxylic acids is 2.